The summed E-state index contributed by atoms with van der Waals surface area (Å²) in [4.78, 5) is 0. The molecule has 0 aliphatic rings. The fourth-order valence-electron chi connectivity index (χ4n) is 1.46. The first kappa shape index (κ1) is 14.4. The lowest BCUT2D eigenvalue weighted by Gasteiger charge is -2.19. The molecule has 0 aliphatic heterocycles. The molecule has 2 atom stereocenters. The molecule has 0 bridgehead atoms. The maximum absolute atomic E-state index is 13.0. The monoisotopic (exact) mass is 231 g/mol. The van der Waals surface area contributed by atoms with E-state index in [1.165, 1.54) is 6.07 Å². The Bertz CT molecular complexity index is 314. The summed E-state index contributed by atoms with van der Waals surface area (Å²) in [6.07, 6.45) is 1.04. The highest BCUT2D eigenvalue weighted by molar-refractivity contribution is 5.85. The average Bonchev–Trinajstić information content (AvgIpc) is 2.20. The van der Waals surface area contributed by atoms with Crippen molar-refractivity contribution in [2.45, 2.75) is 33.2 Å². The van der Waals surface area contributed by atoms with Gasteiger partial charge in [-0.1, -0.05) is 32.4 Å². The summed E-state index contributed by atoms with van der Waals surface area (Å²) in [7, 11) is 0. The first-order valence-electron chi connectivity index (χ1n) is 5.08. The van der Waals surface area contributed by atoms with Crippen LogP contribution in [0.4, 0.5) is 4.39 Å². The Balaban J connectivity index is 0.00000196. The third-order valence-corrected chi connectivity index (χ3v) is 2.82. The minimum atomic E-state index is -0.162. The van der Waals surface area contributed by atoms with Gasteiger partial charge in [0.1, 0.15) is 5.82 Å². The van der Waals surface area contributed by atoms with Crippen LogP contribution in [0.15, 0.2) is 18.2 Å². The molecule has 1 rings (SSSR count). The van der Waals surface area contributed by atoms with Crippen LogP contribution in [-0.2, 0) is 0 Å². The molecule has 0 heterocycles. The maximum Gasteiger partial charge on any atom is 0.126 e. The fraction of sp³-hybridized carbons (Fsp3) is 0.500. The number of hydrogen-bond donors (Lipinski definition) is 1. The Morgan fingerprint density at radius 1 is 1.40 bits per heavy atom. The number of aryl methyl sites for hydroxylation is 1. The van der Waals surface area contributed by atoms with Gasteiger partial charge < -0.3 is 5.73 Å². The lowest BCUT2D eigenvalue weighted by atomic mass is 9.92. The molecular weight excluding hydrogens is 213 g/mol. The van der Waals surface area contributed by atoms with Gasteiger partial charge in [-0.25, -0.2) is 4.39 Å². The second-order valence-electron chi connectivity index (χ2n) is 3.92. The number of benzene rings is 1. The van der Waals surface area contributed by atoms with Gasteiger partial charge in [-0.3, -0.25) is 0 Å². The molecular formula is C12H19ClFN. The number of halogens is 2. The molecule has 0 fully saturated rings. The van der Waals surface area contributed by atoms with Gasteiger partial charge in [0.15, 0.2) is 0 Å². The lowest BCUT2D eigenvalue weighted by Crippen LogP contribution is -2.18. The molecule has 2 N–H and O–H groups in total. The normalized spacial score (nSPS) is 14.2. The zero-order valence-electron chi connectivity index (χ0n) is 9.46. The van der Waals surface area contributed by atoms with Crippen molar-refractivity contribution < 1.29 is 4.39 Å². The van der Waals surface area contributed by atoms with Gasteiger partial charge in [-0.05, 0) is 30.0 Å². The molecule has 0 aliphatic carbocycles. The van der Waals surface area contributed by atoms with Crippen molar-refractivity contribution in [1.29, 1.82) is 0 Å². The molecule has 0 amide bonds. The van der Waals surface area contributed by atoms with E-state index in [4.69, 9.17) is 5.73 Å². The first-order chi connectivity index (χ1) is 6.56. The molecule has 0 radical (unpaired) electrons. The predicted molar refractivity (Wildman–Crippen MR) is 64.8 cm³/mol. The lowest BCUT2D eigenvalue weighted by molar-refractivity contribution is 0.456. The molecule has 15 heavy (non-hydrogen) atoms. The fourth-order valence-corrected chi connectivity index (χ4v) is 1.46. The van der Waals surface area contributed by atoms with Gasteiger partial charge in [0.05, 0.1) is 0 Å². The van der Waals surface area contributed by atoms with Crippen LogP contribution >= 0.6 is 12.4 Å². The second-order valence-corrected chi connectivity index (χ2v) is 3.92. The maximum atomic E-state index is 13.0. The van der Waals surface area contributed by atoms with E-state index < -0.39 is 0 Å². The summed E-state index contributed by atoms with van der Waals surface area (Å²) >= 11 is 0. The summed E-state index contributed by atoms with van der Waals surface area (Å²) < 4.78 is 13.0. The Hall–Kier alpha value is -0.600. The second kappa shape index (κ2) is 6.09. The molecule has 0 spiro atoms. The molecule has 1 unspecified atom stereocenters. The van der Waals surface area contributed by atoms with Crippen molar-refractivity contribution in [3.8, 4) is 0 Å². The highest BCUT2D eigenvalue weighted by Crippen LogP contribution is 2.23. The van der Waals surface area contributed by atoms with Crippen molar-refractivity contribution >= 4 is 12.4 Å². The van der Waals surface area contributed by atoms with E-state index in [1.807, 2.05) is 6.07 Å². The number of nitrogens with two attached hydrogens (primary N) is 1. The van der Waals surface area contributed by atoms with Crippen LogP contribution in [0.3, 0.4) is 0 Å². The van der Waals surface area contributed by atoms with E-state index in [1.54, 1.807) is 13.0 Å². The van der Waals surface area contributed by atoms with Crippen LogP contribution in [0.25, 0.3) is 0 Å². The Labute approximate surface area is 97.3 Å². The molecule has 1 aromatic rings. The Morgan fingerprint density at radius 3 is 2.47 bits per heavy atom. The topological polar surface area (TPSA) is 26.0 Å². The Morgan fingerprint density at radius 2 is 2.00 bits per heavy atom. The summed E-state index contributed by atoms with van der Waals surface area (Å²) in [6.45, 7) is 5.99. The molecule has 1 nitrogen and oxygen atoms in total. The molecule has 86 valence electrons. The average molecular weight is 232 g/mol. The third-order valence-electron chi connectivity index (χ3n) is 2.82. The van der Waals surface area contributed by atoms with E-state index in [-0.39, 0.29) is 24.3 Å². The first-order valence-corrected chi connectivity index (χ1v) is 5.08. The summed E-state index contributed by atoms with van der Waals surface area (Å²) in [5, 5.41) is 0. The van der Waals surface area contributed by atoms with E-state index in [2.05, 4.69) is 13.8 Å². The van der Waals surface area contributed by atoms with Crippen LogP contribution in [-0.4, -0.2) is 0 Å². The van der Waals surface area contributed by atoms with Crippen LogP contribution in [0.2, 0.25) is 0 Å². The van der Waals surface area contributed by atoms with Gasteiger partial charge in [0, 0.05) is 6.04 Å². The van der Waals surface area contributed by atoms with Gasteiger partial charge in [0.25, 0.3) is 0 Å². The SMILES string of the molecule is CCC(C)[C@H](N)c1ccc(F)c(C)c1.Cl. The van der Waals surface area contributed by atoms with Crippen molar-refractivity contribution in [3.05, 3.63) is 35.1 Å². The predicted octanol–water partition coefficient (Wildman–Crippen LogP) is 3.60. The van der Waals surface area contributed by atoms with Crippen LogP contribution < -0.4 is 5.73 Å². The summed E-state index contributed by atoms with van der Waals surface area (Å²) in [5.74, 6) is 0.268. The highest BCUT2D eigenvalue weighted by Gasteiger charge is 2.13. The molecule has 0 saturated carbocycles. The van der Waals surface area contributed by atoms with Gasteiger partial charge in [0.2, 0.25) is 0 Å². The zero-order chi connectivity index (χ0) is 10.7. The van der Waals surface area contributed by atoms with Crippen LogP contribution in [0.1, 0.15) is 37.4 Å². The van der Waals surface area contributed by atoms with Crippen molar-refractivity contribution in [2.75, 3.05) is 0 Å². The van der Waals surface area contributed by atoms with Gasteiger partial charge in [-0.15, -0.1) is 12.4 Å². The number of rotatable bonds is 3. The molecule has 1 aromatic carbocycles. The quantitative estimate of drug-likeness (QED) is 0.845. The van der Waals surface area contributed by atoms with Crippen LogP contribution in [0, 0.1) is 18.7 Å². The third kappa shape index (κ3) is 3.47. The zero-order valence-corrected chi connectivity index (χ0v) is 10.3. The van der Waals surface area contributed by atoms with Crippen molar-refractivity contribution in [3.63, 3.8) is 0 Å². The highest BCUT2D eigenvalue weighted by atomic mass is 35.5. The molecule has 0 saturated heterocycles. The minimum Gasteiger partial charge on any atom is -0.324 e. The van der Waals surface area contributed by atoms with Gasteiger partial charge in [-0.2, -0.15) is 0 Å². The van der Waals surface area contributed by atoms with Crippen molar-refractivity contribution in [2.24, 2.45) is 11.7 Å². The minimum absolute atomic E-state index is 0. The molecule has 0 aromatic heterocycles. The summed E-state index contributed by atoms with van der Waals surface area (Å²) in [6, 6.07) is 5.12. The van der Waals surface area contributed by atoms with E-state index in [0.717, 1.165) is 12.0 Å². The summed E-state index contributed by atoms with van der Waals surface area (Å²) in [5.41, 5.74) is 7.74. The van der Waals surface area contributed by atoms with Gasteiger partial charge >= 0.3 is 0 Å². The van der Waals surface area contributed by atoms with E-state index >= 15 is 0 Å². The van der Waals surface area contributed by atoms with E-state index in [9.17, 15) is 4.39 Å². The standard InChI is InChI=1S/C12H18FN.ClH/c1-4-8(2)12(14)10-5-6-11(13)9(3)7-10;/h5-8,12H,4,14H2,1-3H3;1H/t8?,12-;/m0./s1. The number of hydrogen-bond acceptors (Lipinski definition) is 1. The largest absolute Gasteiger partial charge is 0.324 e. The molecule has 3 heteroatoms. The van der Waals surface area contributed by atoms with Crippen molar-refractivity contribution in [1.82, 2.24) is 0 Å². The van der Waals surface area contributed by atoms with Crippen LogP contribution in [0.5, 0.6) is 0 Å². The smallest absolute Gasteiger partial charge is 0.126 e. The van der Waals surface area contributed by atoms with E-state index in [0.29, 0.717) is 11.5 Å². The Kier molecular flexibility index (Phi) is 5.84.